The summed E-state index contributed by atoms with van der Waals surface area (Å²) in [6, 6.07) is 7.22. The minimum absolute atomic E-state index is 0.346. The number of esters is 1. The summed E-state index contributed by atoms with van der Waals surface area (Å²) < 4.78 is 16.5. The Balaban J connectivity index is 2.11. The lowest BCUT2D eigenvalue weighted by Gasteiger charge is -2.32. The minimum atomic E-state index is -0.392. The van der Waals surface area contributed by atoms with Gasteiger partial charge in [0.2, 0.25) is 0 Å². The smallest absolute Gasteiger partial charge is 0.465 e. The van der Waals surface area contributed by atoms with Gasteiger partial charge >= 0.3 is 13.1 Å². The van der Waals surface area contributed by atoms with Crippen molar-refractivity contribution in [2.75, 3.05) is 7.11 Å². The Kier molecular flexibility index (Phi) is 4.26. The van der Waals surface area contributed by atoms with Crippen LogP contribution in [0.5, 0.6) is 0 Å². The maximum Gasteiger partial charge on any atom is 0.487 e. The Morgan fingerprint density at radius 1 is 1.19 bits per heavy atom. The van der Waals surface area contributed by atoms with Crippen molar-refractivity contribution in [2.24, 2.45) is 0 Å². The van der Waals surface area contributed by atoms with Crippen LogP contribution in [-0.4, -0.2) is 31.4 Å². The highest BCUT2D eigenvalue weighted by Crippen LogP contribution is 2.37. The topological polar surface area (TPSA) is 44.8 Å². The zero-order chi connectivity index (χ0) is 15.7. The largest absolute Gasteiger partial charge is 0.487 e. The van der Waals surface area contributed by atoms with E-state index in [1.807, 2.05) is 51.9 Å². The quantitative estimate of drug-likeness (QED) is 0.633. The van der Waals surface area contributed by atoms with Crippen molar-refractivity contribution in [2.45, 2.75) is 38.9 Å². The monoisotopic (exact) mass is 288 g/mol. The van der Waals surface area contributed by atoms with E-state index in [0.29, 0.717) is 5.56 Å². The predicted octanol–water partition coefficient (Wildman–Crippen LogP) is 3.12. The van der Waals surface area contributed by atoms with Crippen LogP contribution >= 0.6 is 0 Å². The fourth-order valence-electron chi connectivity index (χ4n) is 2.04. The molecule has 0 saturated carbocycles. The Morgan fingerprint density at radius 2 is 1.81 bits per heavy atom. The molecule has 1 aliphatic heterocycles. The molecule has 112 valence electrons. The maximum absolute atomic E-state index is 11.5. The van der Waals surface area contributed by atoms with E-state index < -0.39 is 7.12 Å². The van der Waals surface area contributed by atoms with Crippen molar-refractivity contribution in [3.63, 3.8) is 0 Å². The van der Waals surface area contributed by atoms with Gasteiger partial charge in [0.25, 0.3) is 0 Å². The molecule has 1 aromatic carbocycles. The summed E-state index contributed by atoms with van der Waals surface area (Å²) in [4.78, 5) is 11.5. The van der Waals surface area contributed by atoms with Gasteiger partial charge in [-0.15, -0.1) is 0 Å². The van der Waals surface area contributed by atoms with Crippen molar-refractivity contribution < 1.29 is 18.8 Å². The molecular weight excluding hydrogens is 267 g/mol. The number of benzene rings is 1. The molecule has 5 heteroatoms. The van der Waals surface area contributed by atoms with Crippen LogP contribution in [0.1, 0.15) is 43.6 Å². The third-order valence-corrected chi connectivity index (χ3v) is 4.03. The number of rotatable bonds is 3. The van der Waals surface area contributed by atoms with Crippen LogP contribution in [0.25, 0.3) is 6.08 Å². The van der Waals surface area contributed by atoms with Gasteiger partial charge in [-0.3, -0.25) is 0 Å². The molecule has 0 N–H and O–H groups in total. The first-order valence-electron chi connectivity index (χ1n) is 6.97. The molecule has 21 heavy (non-hydrogen) atoms. The Hall–Kier alpha value is -1.59. The van der Waals surface area contributed by atoms with Crippen molar-refractivity contribution in [3.05, 3.63) is 41.4 Å². The van der Waals surface area contributed by atoms with Gasteiger partial charge in [0.05, 0.1) is 23.9 Å². The first kappa shape index (κ1) is 15.8. The van der Waals surface area contributed by atoms with E-state index in [2.05, 4.69) is 0 Å². The Labute approximate surface area is 126 Å². The first-order valence-corrected chi connectivity index (χ1v) is 6.97. The zero-order valence-corrected chi connectivity index (χ0v) is 13.2. The average molecular weight is 288 g/mol. The lowest BCUT2D eigenvalue weighted by atomic mass is 9.89. The Bertz CT molecular complexity index is 547. The molecule has 0 amide bonds. The number of carbonyl (C=O) groups is 1. The second-order valence-corrected chi connectivity index (χ2v) is 6.10. The summed E-state index contributed by atoms with van der Waals surface area (Å²) >= 11 is 0. The lowest BCUT2D eigenvalue weighted by Crippen LogP contribution is -2.41. The summed E-state index contributed by atoms with van der Waals surface area (Å²) in [6.45, 7) is 8.05. The molecule has 1 heterocycles. The van der Waals surface area contributed by atoms with Crippen molar-refractivity contribution in [1.29, 1.82) is 0 Å². The molecule has 0 radical (unpaired) electrons. The molecule has 1 saturated heterocycles. The molecule has 2 rings (SSSR count). The number of hydrogen-bond donors (Lipinski definition) is 0. The molecule has 1 aliphatic rings. The van der Waals surface area contributed by atoms with E-state index in [9.17, 15) is 4.79 Å². The van der Waals surface area contributed by atoms with E-state index in [1.54, 1.807) is 12.1 Å². The Morgan fingerprint density at radius 3 is 2.38 bits per heavy atom. The van der Waals surface area contributed by atoms with Gasteiger partial charge in [-0.1, -0.05) is 24.2 Å². The van der Waals surface area contributed by atoms with Crippen molar-refractivity contribution >= 4 is 19.2 Å². The second kappa shape index (κ2) is 5.66. The van der Waals surface area contributed by atoms with Crippen LogP contribution in [0.2, 0.25) is 0 Å². The van der Waals surface area contributed by atoms with Crippen LogP contribution in [0.15, 0.2) is 30.2 Å². The third-order valence-electron chi connectivity index (χ3n) is 4.03. The molecular formula is C16H21BO4. The summed E-state index contributed by atoms with van der Waals surface area (Å²) in [7, 11) is 0.978. The van der Waals surface area contributed by atoms with Crippen LogP contribution in [-0.2, 0) is 14.0 Å². The van der Waals surface area contributed by atoms with Crippen LogP contribution < -0.4 is 0 Å². The van der Waals surface area contributed by atoms with Crippen LogP contribution in [0.4, 0.5) is 0 Å². The van der Waals surface area contributed by atoms with Crippen LogP contribution in [0.3, 0.4) is 0 Å². The molecule has 0 bridgehead atoms. The molecule has 4 nitrogen and oxygen atoms in total. The van der Waals surface area contributed by atoms with Gasteiger partial charge in [0, 0.05) is 0 Å². The zero-order valence-electron chi connectivity index (χ0n) is 13.2. The lowest BCUT2D eigenvalue weighted by molar-refractivity contribution is 0.00578. The molecule has 1 aromatic rings. The van der Waals surface area contributed by atoms with Gasteiger partial charge in [-0.05, 0) is 45.4 Å². The number of carbonyl (C=O) groups excluding carboxylic acids is 1. The second-order valence-electron chi connectivity index (χ2n) is 6.10. The van der Waals surface area contributed by atoms with E-state index in [0.717, 1.165) is 5.56 Å². The maximum atomic E-state index is 11.5. The van der Waals surface area contributed by atoms with Crippen molar-refractivity contribution in [3.8, 4) is 0 Å². The number of methoxy groups -OCH3 is 1. The standard InChI is InChI=1S/C16H21BO4/c1-15(2)16(3,4)21-17(20-15)10-9-12-7-6-8-13(11-12)14(18)19-5/h6-11H,1-5H3/b10-9+. The molecule has 0 aliphatic carbocycles. The summed E-state index contributed by atoms with van der Waals surface area (Å²) in [6.07, 6.45) is 1.88. The predicted molar refractivity (Wildman–Crippen MR) is 82.9 cm³/mol. The summed E-state index contributed by atoms with van der Waals surface area (Å²) in [5.74, 6) is 1.51. The molecule has 1 fully saturated rings. The first-order chi connectivity index (χ1) is 9.75. The summed E-state index contributed by atoms with van der Waals surface area (Å²) in [5.41, 5.74) is 0.715. The fourth-order valence-corrected chi connectivity index (χ4v) is 2.04. The molecule has 0 aromatic heterocycles. The van der Waals surface area contributed by atoms with Crippen molar-refractivity contribution in [1.82, 2.24) is 0 Å². The number of hydrogen-bond acceptors (Lipinski definition) is 4. The minimum Gasteiger partial charge on any atom is -0.465 e. The van der Waals surface area contributed by atoms with Gasteiger partial charge in [0.15, 0.2) is 0 Å². The van der Waals surface area contributed by atoms with E-state index >= 15 is 0 Å². The summed E-state index contributed by atoms with van der Waals surface area (Å²) in [5, 5.41) is 0. The normalized spacial score (nSPS) is 20.0. The van der Waals surface area contributed by atoms with E-state index in [1.165, 1.54) is 7.11 Å². The highest BCUT2D eigenvalue weighted by molar-refractivity contribution is 6.52. The number of ether oxygens (including phenoxy) is 1. The van der Waals surface area contributed by atoms with E-state index in [-0.39, 0.29) is 17.2 Å². The van der Waals surface area contributed by atoms with Gasteiger partial charge in [0.1, 0.15) is 0 Å². The van der Waals surface area contributed by atoms with E-state index in [4.69, 9.17) is 14.0 Å². The third kappa shape index (κ3) is 3.36. The molecule has 0 unspecified atom stereocenters. The van der Waals surface area contributed by atoms with Gasteiger partial charge < -0.3 is 14.0 Å². The van der Waals surface area contributed by atoms with Crippen LogP contribution in [0, 0.1) is 0 Å². The fraction of sp³-hybridized carbons (Fsp3) is 0.438. The average Bonchev–Trinajstić information content (AvgIpc) is 2.64. The highest BCUT2D eigenvalue weighted by Gasteiger charge is 2.49. The molecule has 0 spiro atoms. The van der Waals surface area contributed by atoms with Gasteiger partial charge in [-0.25, -0.2) is 4.79 Å². The SMILES string of the molecule is COC(=O)c1cccc(/C=C/B2OC(C)(C)C(C)(C)O2)c1. The van der Waals surface area contributed by atoms with Gasteiger partial charge in [-0.2, -0.15) is 0 Å². The molecule has 0 atom stereocenters. The highest BCUT2D eigenvalue weighted by atomic mass is 16.7.